The summed E-state index contributed by atoms with van der Waals surface area (Å²) in [5.74, 6) is 0.187. The van der Waals surface area contributed by atoms with Crippen LogP contribution in [0.3, 0.4) is 0 Å². The highest BCUT2D eigenvalue weighted by Crippen LogP contribution is 1.82. The average molecular weight is 127 g/mol. The van der Waals surface area contributed by atoms with Gasteiger partial charge in [-0.15, -0.1) is 0 Å². The van der Waals surface area contributed by atoms with Gasteiger partial charge in [-0.1, -0.05) is 6.08 Å². The van der Waals surface area contributed by atoms with E-state index < -0.39 is 0 Å². The second-order valence-electron chi connectivity index (χ2n) is 1.82. The highest BCUT2D eigenvalue weighted by molar-refractivity contribution is 5.89. The summed E-state index contributed by atoms with van der Waals surface area (Å²) >= 11 is 0. The Labute approximate surface area is 56.0 Å². The number of hydrogen-bond donors (Lipinski definition) is 1. The third-order valence-corrected chi connectivity index (χ3v) is 0.974. The number of nitrogens with one attached hydrogen (secondary N) is 1. The summed E-state index contributed by atoms with van der Waals surface area (Å²) in [4.78, 5) is 10.7. The maximum atomic E-state index is 10.7. The summed E-state index contributed by atoms with van der Waals surface area (Å²) in [5, 5.41) is 2.90. The van der Waals surface area contributed by atoms with Gasteiger partial charge in [0.25, 0.3) is 0 Å². The first kappa shape index (κ1) is 8.37. The fourth-order valence-electron chi connectivity index (χ4n) is 0.517. The lowest BCUT2D eigenvalue weighted by Gasteiger charge is -1.91. The molecule has 0 aromatic heterocycles. The number of carbonyl (C=O) groups excluding carboxylic acids is 1. The molecule has 0 aliphatic carbocycles. The molecule has 0 unspecified atom stereocenters. The van der Waals surface area contributed by atoms with E-state index in [9.17, 15) is 4.79 Å². The van der Waals surface area contributed by atoms with Crippen molar-refractivity contribution < 1.29 is 4.79 Å². The van der Waals surface area contributed by atoms with E-state index in [2.05, 4.69) is 5.32 Å². The lowest BCUT2D eigenvalue weighted by atomic mass is 10.2. The molecule has 0 fully saturated rings. The van der Waals surface area contributed by atoms with Gasteiger partial charge in [-0.3, -0.25) is 4.79 Å². The molecular formula is C7H13NO. The molecule has 0 saturated carbocycles. The normalized spacial score (nSPS) is 10.4. The summed E-state index contributed by atoms with van der Waals surface area (Å²) < 4.78 is 0. The van der Waals surface area contributed by atoms with Crippen molar-refractivity contribution in [3.63, 3.8) is 0 Å². The SMILES string of the molecule is C/C=C/C(=O)CCNC. The van der Waals surface area contributed by atoms with Crippen molar-refractivity contribution in [1.82, 2.24) is 5.32 Å². The van der Waals surface area contributed by atoms with Crippen LogP contribution in [0.2, 0.25) is 0 Å². The molecule has 0 atom stereocenters. The van der Waals surface area contributed by atoms with Crippen LogP contribution >= 0.6 is 0 Å². The molecule has 1 N–H and O–H groups in total. The Hall–Kier alpha value is -0.630. The maximum absolute atomic E-state index is 10.7. The van der Waals surface area contributed by atoms with Crippen LogP contribution in [0.25, 0.3) is 0 Å². The molecule has 0 bridgehead atoms. The van der Waals surface area contributed by atoms with Gasteiger partial charge >= 0.3 is 0 Å². The molecular weight excluding hydrogens is 114 g/mol. The van der Waals surface area contributed by atoms with Gasteiger partial charge in [-0.2, -0.15) is 0 Å². The molecule has 0 amide bonds. The third-order valence-electron chi connectivity index (χ3n) is 0.974. The summed E-state index contributed by atoms with van der Waals surface area (Å²) in [5.41, 5.74) is 0. The zero-order valence-corrected chi connectivity index (χ0v) is 5.98. The zero-order chi connectivity index (χ0) is 7.11. The van der Waals surface area contributed by atoms with E-state index in [-0.39, 0.29) is 5.78 Å². The van der Waals surface area contributed by atoms with Crippen LogP contribution in [-0.2, 0) is 4.79 Å². The van der Waals surface area contributed by atoms with E-state index in [0.29, 0.717) is 6.42 Å². The molecule has 2 nitrogen and oxygen atoms in total. The molecule has 0 aromatic carbocycles. The van der Waals surface area contributed by atoms with Gasteiger partial charge in [0, 0.05) is 13.0 Å². The van der Waals surface area contributed by atoms with Gasteiger partial charge in [0.1, 0.15) is 0 Å². The van der Waals surface area contributed by atoms with E-state index >= 15 is 0 Å². The quantitative estimate of drug-likeness (QED) is 0.564. The highest BCUT2D eigenvalue weighted by atomic mass is 16.1. The zero-order valence-electron chi connectivity index (χ0n) is 5.98. The molecule has 0 radical (unpaired) electrons. The van der Waals surface area contributed by atoms with Gasteiger partial charge in [0.2, 0.25) is 0 Å². The molecule has 0 rings (SSSR count). The van der Waals surface area contributed by atoms with Crippen molar-refractivity contribution in [3.05, 3.63) is 12.2 Å². The van der Waals surface area contributed by atoms with Gasteiger partial charge in [0.15, 0.2) is 5.78 Å². The van der Waals surface area contributed by atoms with Crippen LogP contribution < -0.4 is 5.32 Å². The van der Waals surface area contributed by atoms with Crippen molar-refractivity contribution in [1.29, 1.82) is 0 Å². The first-order valence-electron chi connectivity index (χ1n) is 3.11. The van der Waals surface area contributed by atoms with E-state index in [0.717, 1.165) is 6.54 Å². The molecule has 0 spiro atoms. The maximum Gasteiger partial charge on any atom is 0.156 e. The third kappa shape index (κ3) is 5.24. The second kappa shape index (κ2) is 5.51. The lowest BCUT2D eigenvalue weighted by molar-refractivity contribution is -0.114. The first-order chi connectivity index (χ1) is 4.31. The molecule has 2 heteroatoms. The number of carbonyl (C=O) groups is 1. The minimum atomic E-state index is 0.187. The van der Waals surface area contributed by atoms with Crippen LogP contribution in [0.1, 0.15) is 13.3 Å². The summed E-state index contributed by atoms with van der Waals surface area (Å²) in [7, 11) is 1.84. The van der Waals surface area contributed by atoms with Gasteiger partial charge < -0.3 is 5.32 Å². The van der Waals surface area contributed by atoms with Crippen molar-refractivity contribution in [2.24, 2.45) is 0 Å². The van der Waals surface area contributed by atoms with Gasteiger partial charge in [-0.05, 0) is 20.0 Å². The lowest BCUT2D eigenvalue weighted by Crippen LogP contribution is -2.11. The van der Waals surface area contributed by atoms with Crippen LogP contribution in [0.15, 0.2) is 12.2 Å². The van der Waals surface area contributed by atoms with Crippen molar-refractivity contribution >= 4 is 5.78 Å². The fraction of sp³-hybridized carbons (Fsp3) is 0.571. The monoisotopic (exact) mass is 127 g/mol. The van der Waals surface area contributed by atoms with Crippen LogP contribution in [0.4, 0.5) is 0 Å². The number of rotatable bonds is 4. The minimum absolute atomic E-state index is 0.187. The van der Waals surface area contributed by atoms with Crippen LogP contribution in [0.5, 0.6) is 0 Å². The van der Waals surface area contributed by atoms with Gasteiger partial charge in [-0.25, -0.2) is 0 Å². The summed E-state index contributed by atoms with van der Waals surface area (Å²) in [6, 6.07) is 0. The molecule has 0 heterocycles. The van der Waals surface area contributed by atoms with Crippen LogP contribution in [-0.4, -0.2) is 19.4 Å². The topological polar surface area (TPSA) is 29.1 Å². The Kier molecular flexibility index (Phi) is 5.12. The Morgan fingerprint density at radius 1 is 1.67 bits per heavy atom. The van der Waals surface area contributed by atoms with E-state index in [4.69, 9.17) is 0 Å². The Morgan fingerprint density at radius 2 is 2.33 bits per heavy atom. The van der Waals surface area contributed by atoms with Crippen molar-refractivity contribution in [2.45, 2.75) is 13.3 Å². The molecule has 0 aromatic rings. The molecule has 9 heavy (non-hydrogen) atoms. The fourth-order valence-corrected chi connectivity index (χ4v) is 0.517. The van der Waals surface area contributed by atoms with E-state index in [1.54, 1.807) is 12.2 Å². The Morgan fingerprint density at radius 3 is 2.78 bits per heavy atom. The van der Waals surface area contributed by atoms with Crippen molar-refractivity contribution in [3.8, 4) is 0 Å². The predicted molar refractivity (Wildman–Crippen MR) is 38.4 cm³/mol. The summed E-state index contributed by atoms with van der Waals surface area (Å²) in [6.45, 7) is 2.61. The first-order valence-corrected chi connectivity index (χ1v) is 3.11. The standard InChI is InChI=1S/C7H13NO/c1-3-4-7(9)5-6-8-2/h3-4,8H,5-6H2,1-2H3/b4-3+. The van der Waals surface area contributed by atoms with Crippen LogP contribution in [0, 0.1) is 0 Å². The van der Waals surface area contributed by atoms with Gasteiger partial charge in [0.05, 0.1) is 0 Å². The molecule has 0 saturated heterocycles. The number of ketones is 1. The minimum Gasteiger partial charge on any atom is -0.319 e. The number of hydrogen-bond acceptors (Lipinski definition) is 2. The predicted octanol–water partition coefficient (Wildman–Crippen LogP) is 0.741. The van der Waals surface area contributed by atoms with E-state index in [1.807, 2.05) is 14.0 Å². The molecule has 52 valence electrons. The smallest absolute Gasteiger partial charge is 0.156 e. The largest absolute Gasteiger partial charge is 0.319 e. The Balaban J connectivity index is 3.27. The molecule has 0 aliphatic rings. The Bertz CT molecular complexity index is 107. The number of allylic oxidation sites excluding steroid dienone is 2. The van der Waals surface area contributed by atoms with Crippen molar-refractivity contribution in [2.75, 3.05) is 13.6 Å². The molecule has 0 aliphatic heterocycles. The average Bonchev–Trinajstić information content (AvgIpc) is 1.85. The highest BCUT2D eigenvalue weighted by Gasteiger charge is 1.91. The van der Waals surface area contributed by atoms with E-state index in [1.165, 1.54) is 0 Å². The summed E-state index contributed by atoms with van der Waals surface area (Å²) in [6.07, 6.45) is 3.95. The second-order valence-corrected chi connectivity index (χ2v) is 1.82.